The van der Waals surface area contributed by atoms with Crippen molar-refractivity contribution in [3.63, 3.8) is 0 Å². The molecule has 5 nitrogen and oxygen atoms in total. The molecule has 2 aliphatic heterocycles. The zero-order valence-electron chi connectivity index (χ0n) is 17.9. The molecule has 4 unspecified atom stereocenters. The molecular weight excluding hydrogens is 374 g/mol. The molecule has 2 fully saturated rings. The first-order valence-electron chi connectivity index (χ1n) is 11.8. The molecule has 160 valence electrons. The highest BCUT2D eigenvalue weighted by Crippen LogP contribution is 2.43. The molecule has 1 N–H and O–H groups in total. The van der Waals surface area contributed by atoms with Gasteiger partial charge in [-0.05, 0) is 49.5 Å². The maximum absolute atomic E-state index is 12.6. The van der Waals surface area contributed by atoms with Gasteiger partial charge in [0, 0.05) is 24.6 Å². The molecule has 1 amide bonds. The lowest BCUT2D eigenvalue weighted by molar-refractivity contribution is -0.138. The third-order valence-corrected chi connectivity index (χ3v) is 7.86. The van der Waals surface area contributed by atoms with Crippen molar-refractivity contribution in [3.05, 3.63) is 42.4 Å². The number of imidazole rings is 1. The Kier molecular flexibility index (Phi) is 5.40. The molecule has 1 aliphatic carbocycles. The van der Waals surface area contributed by atoms with Crippen molar-refractivity contribution in [2.24, 2.45) is 11.8 Å². The van der Waals surface area contributed by atoms with Gasteiger partial charge in [0.15, 0.2) is 0 Å². The van der Waals surface area contributed by atoms with Crippen LogP contribution in [0.5, 0.6) is 0 Å². The van der Waals surface area contributed by atoms with Gasteiger partial charge in [0.2, 0.25) is 5.91 Å². The first-order valence-corrected chi connectivity index (χ1v) is 11.8. The van der Waals surface area contributed by atoms with Gasteiger partial charge < -0.3 is 14.6 Å². The second-order valence-electron chi connectivity index (χ2n) is 9.43. The zero-order valence-corrected chi connectivity index (χ0v) is 17.9. The highest BCUT2D eigenvalue weighted by Gasteiger charge is 2.40. The van der Waals surface area contributed by atoms with Crippen LogP contribution in [-0.2, 0) is 4.79 Å². The number of amides is 1. The fourth-order valence-corrected chi connectivity index (χ4v) is 6.27. The second kappa shape index (κ2) is 8.18. The number of carbonyl (C=O) groups is 1. The Labute approximate surface area is 179 Å². The summed E-state index contributed by atoms with van der Waals surface area (Å²) in [7, 11) is 0. The minimum atomic E-state index is -0.362. The van der Waals surface area contributed by atoms with Crippen molar-refractivity contribution in [1.82, 2.24) is 14.5 Å². The van der Waals surface area contributed by atoms with Gasteiger partial charge in [-0.2, -0.15) is 0 Å². The van der Waals surface area contributed by atoms with Crippen LogP contribution in [0.15, 0.2) is 36.8 Å². The largest absolute Gasteiger partial charge is 0.393 e. The van der Waals surface area contributed by atoms with E-state index < -0.39 is 0 Å². The van der Waals surface area contributed by atoms with Crippen LogP contribution in [0.1, 0.15) is 69.9 Å². The Bertz CT molecular complexity index is 901. The maximum Gasteiger partial charge on any atom is 0.222 e. The van der Waals surface area contributed by atoms with Crippen LogP contribution in [-0.4, -0.2) is 44.2 Å². The van der Waals surface area contributed by atoms with Crippen LogP contribution >= 0.6 is 0 Å². The first kappa shape index (κ1) is 19.8. The molecule has 2 aromatic rings. The van der Waals surface area contributed by atoms with Crippen LogP contribution in [0.25, 0.3) is 11.3 Å². The van der Waals surface area contributed by atoms with Crippen molar-refractivity contribution in [3.8, 4) is 11.3 Å². The van der Waals surface area contributed by atoms with E-state index in [9.17, 15) is 9.90 Å². The lowest BCUT2D eigenvalue weighted by atomic mass is 9.79. The third-order valence-electron chi connectivity index (χ3n) is 7.86. The number of aliphatic hydroxyl groups is 1. The number of piperidine rings is 1. The van der Waals surface area contributed by atoms with Gasteiger partial charge in [0.05, 0.1) is 30.4 Å². The SMILES string of the molecule is CCC(=O)N1CCC(C(O)CC2c3ccccc3-c3cncn32)CC1C1CCCC1. The molecule has 1 saturated heterocycles. The van der Waals surface area contributed by atoms with Crippen molar-refractivity contribution in [2.75, 3.05) is 6.54 Å². The first-order chi connectivity index (χ1) is 14.7. The summed E-state index contributed by atoms with van der Waals surface area (Å²) in [5.74, 6) is 1.16. The van der Waals surface area contributed by atoms with E-state index in [0.29, 0.717) is 24.8 Å². The molecule has 0 spiro atoms. The molecule has 1 aromatic heterocycles. The average molecular weight is 408 g/mol. The van der Waals surface area contributed by atoms with Crippen molar-refractivity contribution in [1.29, 1.82) is 0 Å². The van der Waals surface area contributed by atoms with E-state index in [-0.39, 0.29) is 24.0 Å². The van der Waals surface area contributed by atoms with Crippen molar-refractivity contribution >= 4 is 5.91 Å². The third kappa shape index (κ3) is 3.37. The Balaban J connectivity index is 1.33. The zero-order chi connectivity index (χ0) is 20.7. The van der Waals surface area contributed by atoms with E-state index in [4.69, 9.17) is 0 Å². The minimum Gasteiger partial charge on any atom is -0.393 e. The molecule has 1 saturated carbocycles. The second-order valence-corrected chi connectivity index (χ2v) is 9.43. The molecule has 4 atom stereocenters. The topological polar surface area (TPSA) is 58.4 Å². The summed E-state index contributed by atoms with van der Waals surface area (Å²) in [4.78, 5) is 19.1. The van der Waals surface area contributed by atoms with Crippen LogP contribution < -0.4 is 0 Å². The monoisotopic (exact) mass is 407 g/mol. The summed E-state index contributed by atoms with van der Waals surface area (Å²) in [6.45, 7) is 2.77. The van der Waals surface area contributed by atoms with Gasteiger partial charge >= 0.3 is 0 Å². The number of benzene rings is 1. The summed E-state index contributed by atoms with van der Waals surface area (Å²) in [6, 6.07) is 8.95. The van der Waals surface area contributed by atoms with E-state index >= 15 is 0 Å². The van der Waals surface area contributed by atoms with E-state index in [1.807, 2.05) is 19.4 Å². The normalized spacial score (nSPS) is 27.1. The predicted octanol–water partition coefficient (Wildman–Crippen LogP) is 4.41. The molecule has 30 heavy (non-hydrogen) atoms. The lowest BCUT2D eigenvalue weighted by Crippen LogP contribution is -2.50. The van der Waals surface area contributed by atoms with Crippen LogP contribution in [0.2, 0.25) is 0 Å². The maximum atomic E-state index is 12.6. The van der Waals surface area contributed by atoms with Gasteiger partial charge in [-0.25, -0.2) is 4.98 Å². The number of nitrogens with zero attached hydrogens (tertiary/aromatic N) is 3. The molecule has 0 bridgehead atoms. The predicted molar refractivity (Wildman–Crippen MR) is 117 cm³/mol. The number of aromatic nitrogens is 2. The highest BCUT2D eigenvalue weighted by molar-refractivity contribution is 5.76. The number of hydrogen-bond donors (Lipinski definition) is 1. The fraction of sp³-hybridized carbons (Fsp3) is 0.600. The number of fused-ring (bicyclic) bond motifs is 3. The molecule has 1 aromatic carbocycles. The number of hydrogen-bond acceptors (Lipinski definition) is 3. The number of carbonyl (C=O) groups excluding carboxylic acids is 1. The van der Waals surface area contributed by atoms with Crippen LogP contribution in [0.4, 0.5) is 0 Å². The van der Waals surface area contributed by atoms with Gasteiger partial charge in [0.1, 0.15) is 0 Å². The highest BCUT2D eigenvalue weighted by atomic mass is 16.3. The smallest absolute Gasteiger partial charge is 0.222 e. The summed E-state index contributed by atoms with van der Waals surface area (Å²) in [6.07, 6.45) is 11.6. The quantitative estimate of drug-likeness (QED) is 0.799. The average Bonchev–Trinajstić information content (AvgIpc) is 3.52. The molecular formula is C25H33N3O2. The van der Waals surface area contributed by atoms with Crippen molar-refractivity contribution < 1.29 is 9.90 Å². The fourth-order valence-electron chi connectivity index (χ4n) is 6.27. The molecule has 3 heterocycles. The Hall–Kier alpha value is -2.14. The minimum absolute atomic E-state index is 0.147. The van der Waals surface area contributed by atoms with Gasteiger partial charge in [-0.15, -0.1) is 0 Å². The summed E-state index contributed by atoms with van der Waals surface area (Å²) < 4.78 is 2.22. The van der Waals surface area contributed by atoms with E-state index in [1.54, 1.807) is 0 Å². The molecule has 0 radical (unpaired) electrons. The van der Waals surface area contributed by atoms with Crippen LogP contribution in [0.3, 0.4) is 0 Å². The van der Waals surface area contributed by atoms with Gasteiger partial charge in [0.25, 0.3) is 0 Å². The summed E-state index contributed by atoms with van der Waals surface area (Å²) in [5, 5.41) is 11.3. The molecule has 5 rings (SSSR count). The molecule has 3 aliphatic rings. The Morgan fingerprint density at radius 3 is 2.83 bits per heavy atom. The lowest BCUT2D eigenvalue weighted by Gasteiger charge is -2.44. The molecule has 5 heteroatoms. The van der Waals surface area contributed by atoms with E-state index in [1.165, 1.54) is 36.8 Å². The van der Waals surface area contributed by atoms with Crippen LogP contribution in [0, 0.1) is 11.8 Å². The number of rotatable bonds is 5. The standard InChI is InChI=1S/C25H33N3O2/c1-2-25(30)27-12-11-18(13-21(27)17-7-3-4-8-17)24(29)14-22-19-9-5-6-10-20(19)23-15-26-16-28(22)23/h5-6,9-10,15-18,21-22,24,29H,2-4,7-8,11-14H2,1H3. The van der Waals surface area contributed by atoms with Gasteiger partial charge in [-0.1, -0.05) is 44.0 Å². The Morgan fingerprint density at radius 2 is 2.03 bits per heavy atom. The van der Waals surface area contributed by atoms with E-state index in [2.05, 4.69) is 38.7 Å². The number of likely N-dealkylation sites (tertiary alicyclic amines) is 1. The number of aliphatic hydroxyl groups excluding tert-OH is 1. The summed E-state index contributed by atoms with van der Waals surface area (Å²) >= 11 is 0. The van der Waals surface area contributed by atoms with Gasteiger partial charge in [-0.3, -0.25) is 4.79 Å². The van der Waals surface area contributed by atoms with E-state index in [0.717, 1.165) is 25.1 Å². The Morgan fingerprint density at radius 1 is 1.23 bits per heavy atom. The van der Waals surface area contributed by atoms with Crippen molar-refractivity contribution in [2.45, 2.75) is 76.5 Å². The summed E-state index contributed by atoms with van der Waals surface area (Å²) in [5.41, 5.74) is 3.68.